The lowest BCUT2D eigenvalue weighted by Gasteiger charge is -2.45. The van der Waals surface area contributed by atoms with Crippen molar-refractivity contribution in [3.05, 3.63) is 53.3 Å². The summed E-state index contributed by atoms with van der Waals surface area (Å²) in [6, 6.07) is 11.1. The average molecular weight is 566 g/mol. The fourth-order valence-corrected chi connectivity index (χ4v) is 6.35. The van der Waals surface area contributed by atoms with E-state index >= 15 is 0 Å². The van der Waals surface area contributed by atoms with E-state index in [9.17, 15) is 14.3 Å². The molecule has 3 fully saturated rings. The molecule has 8 nitrogen and oxygen atoms in total. The van der Waals surface area contributed by atoms with Gasteiger partial charge in [0.15, 0.2) is 5.60 Å². The lowest BCUT2D eigenvalue weighted by atomic mass is 9.80. The number of nitrogens with zero attached hydrogens (tertiary/aromatic N) is 3. The van der Waals surface area contributed by atoms with E-state index in [1.54, 1.807) is 0 Å². The molecule has 0 amide bonds. The van der Waals surface area contributed by atoms with Crippen LogP contribution in [0.2, 0.25) is 0 Å². The molecule has 220 valence electrons. The third-order valence-corrected chi connectivity index (χ3v) is 9.03. The quantitative estimate of drug-likeness (QED) is 0.394. The molecule has 0 radical (unpaired) electrons. The van der Waals surface area contributed by atoms with Crippen molar-refractivity contribution in [1.82, 2.24) is 9.80 Å². The first kappa shape index (κ1) is 28.0. The number of ether oxygens (including phenoxy) is 2. The molecule has 0 unspecified atom stereocenters. The molecule has 3 aliphatic heterocycles. The van der Waals surface area contributed by atoms with E-state index in [-0.39, 0.29) is 11.4 Å². The maximum absolute atomic E-state index is 13.7. The molecule has 1 spiro atoms. The Morgan fingerprint density at radius 1 is 1.15 bits per heavy atom. The van der Waals surface area contributed by atoms with Gasteiger partial charge in [-0.3, -0.25) is 9.69 Å². The van der Waals surface area contributed by atoms with Crippen molar-refractivity contribution in [3.8, 4) is 16.9 Å². The van der Waals surface area contributed by atoms with Crippen LogP contribution in [0.4, 0.5) is 4.39 Å². The molecule has 1 N–H and O–H groups in total. The van der Waals surface area contributed by atoms with Crippen LogP contribution in [-0.2, 0) is 20.9 Å². The minimum atomic E-state index is -0.716. The highest BCUT2D eigenvalue weighted by Gasteiger charge is 2.51. The van der Waals surface area contributed by atoms with Crippen LogP contribution in [0.5, 0.6) is 5.75 Å². The van der Waals surface area contributed by atoms with Crippen LogP contribution < -0.4 is 4.74 Å². The van der Waals surface area contributed by atoms with E-state index in [1.165, 1.54) is 23.3 Å². The fourth-order valence-electron chi connectivity index (χ4n) is 6.35. The molecule has 0 atom stereocenters. The highest BCUT2D eigenvalue weighted by molar-refractivity contribution is 5.85. The van der Waals surface area contributed by atoms with Crippen LogP contribution in [0, 0.1) is 11.2 Å². The number of rotatable bonds is 10. The van der Waals surface area contributed by atoms with Gasteiger partial charge in [-0.05, 0) is 80.3 Å². The van der Waals surface area contributed by atoms with Crippen molar-refractivity contribution in [1.29, 1.82) is 0 Å². The zero-order valence-corrected chi connectivity index (χ0v) is 24.0. The van der Waals surface area contributed by atoms with Gasteiger partial charge in [0.25, 0.3) is 0 Å². The number of carbonyl (C=O) groups is 1. The number of carboxylic acid groups (broad SMARTS) is 1. The van der Waals surface area contributed by atoms with E-state index < -0.39 is 11.4 Å². The summed E-state index contributed by atoms with van der Waals surface area (Å²) in [5.74, 6) is 1.30. The molecular formula is C32H40FN3O5. The summed E-state index contributed by atoms with van der Waals surface area (Å²) in [7, 11) is 0. The standard InChI is InChI=1S/C32H40FN3O5/c1-3-39-14-15-40-27-17-22(16-26(23-4-5-23)29(27)24-6-8-25(33)9-7-24)19-35-20-32(21-35)18-28(34-41-32)36-12-10-31(2,11-13-36)30(37)38/h6-9,16-17,23H,3-5,10-15,18-21H2,1-2H3,(H,37,38). The Kier molecular flexibility index (Phi) is 7.68. The second-order valence-corrected chi connectivity index (χ2v) is 12.3. The van der Waals surface area contributed by atoms with E-state index in [4.69, 9.17) is 14.3 Å². The number of aliphatic carboxylic acids is 1. The Morgan fingerprint density at radius 2 is 1.88 bits per heavy atom. The lowest BCUT2D eigenvalue weighted by molar-refractivity contribution is -0.150. The van der Waals surface area contributed by atoms with Crippen LogP contribution in [0.25, 0.3) is 11.1 Å². The first-order valence-corrected chi connectivity index (χ1v) is 14.9. The van der Waals surface area contributed by atoms with Crippen molar-refractivity contribution in [2.75, 3.05) is 46.0 Å². The summed E-state index contributed by atoms with van der Waals surface area (Å²) >= 11 is 0. The van der Waals surface area contributed by atoms with Gasteiger partial charge in [0.05, 0.1) is 18.4 Å². The molecule has 0 bridgehead atoms. The minimum Gasteiger partial charge on any atom is -0.491 e. The number of piperidine rings is 1. The number of halogens is 1. The number of hydrogen-bond donors (Lipinski definition) is 1. The van der Waals surface area contributed by atoms with Crippen molar-refractivity contribution in [2.24, 2.45) is 10.6 Å². The van der Waals surface area contributed by atoms with Crippen LogP contribution in [0.3, 0.4) is 0 Å². The molecule has 1 saturated carbocycles. The molecule has 1 aliphatic carbocycles. The van der Waals surface area contributed by atoms with Gasteiger partial charge in [0, 0.05) is 44.9 Å². The summed E-state index contributed by atoms with van der Waals surface area (Å²) in [6.07, 6.45) is 4.30. The van der Waals surface area contributed by atoms with Crippen LogP contribution in [0.15, 0.2) is 41.6 Å². The first-order chi connectivity index (χ1) is 19.8. The van der Waals surface area contributed by atoms with Crippen LogP contribution >= 0.6 is 0 Å². The van der Waals surface area contributed by atoms with E-state index in [2.05, 4.69) is 27.1 Å². The topological polar surface area (TPSA) is 83.8 Å². The van der Waals surface area contributed by atoms with E-state index in [0.717, 1.165) is 61.6 Å². The predicted molar refractivity (Wildman–Crippen MR) is 153 cm³/mol. The molecule has 2 saturated heterocycles. The molecule has 3 heterocycles. The Morgan fingerprint density at radius 3 is 2.54 bits per heavy atom. The van der Waals surface area contributed by atoms with Gasteiger partial charge in [-0.25, -0.2) is 4.39 Å². The molecule has 2 aromatic carbocycles. The fraction of sp³-hybridized carbons (Fsp3) is 0.562. The summed E-state index contributed by atoms with van der Waals surface area (Å²) < 4.78 is 25.5. The number of carboxylic acids is 1. The third kappa shape index (κ3) is 5.93. The molecule has 6 rings (SSSR count). The molecule has 41 heavy (non-hydrogen) atoms. The van der Waals surface area contributed by atoms with Crippen molar-refractivity contribution < 1.29 is 28.6 Å². The van der Waals surface area contributed by atoms with Gasteiger partial charge in [0.1, 0.15) is 24.0 Å². The van der Waals surface area contributed by atoms with Gasteiger partial charge in [0.2, 0.25) is 0 Å². The van der Waals surface area contributed by atoms with Gasteiger partial charge in [-0.15, -0.1) is 0 Å². The summed E-state index contributed by atoms with van der Waals surface area (Å²) in [4.78, 5) is 22.2. The average Bonchev–Trinajstić information content (AvgIpc) is 3.70. The van der Waals surface area contributed by atoms with Gasteiger partial charge in [-0.1, -0.05) is 23.4 Å². The highest BCUT2D eigenvalue weighted by Crippen LogP contribution is 2.48. The monoisotopic (exact) mass is 565 g/mol. The van der Waals surface area contributed by atoms with Crippen molar-refractivity contribution in [2.45, 2.75) is 64.0 Å². The Balaban J connectivity index is 1.13. The molecule has 9 heteroatoms. The molecule has 0 aromatic heterocycles. The van der Waals surface area contributed by atoms with Crippen molar-refractivity contribution in [3.63, 3.8) is 0 Å². The zero-order chi connectivity index (χ0) is 28.6. The SMILES string of the molecule is CCOCCOc1cc(CN2CC3(CC(N4CCC(C)(C(=O)O)CC4)=NO3)C2)cc(C2CC2)c1-c1ccc(F)cc1. The maximum atomic E-state index is 13.7. The van der Waals surface area contributed by atoms with E-state index in [0.29, 0.717) is 51.7 Å². The van der Waals surface area contributed by atoms with Crippen molar-refractivity contribution >= 4 is 11.8 Å². The minimum absolute atomic E-state index is 0.246. The lowest BCUT2D eigenvalue weighted by Crippen LogP contribution is -2.61. The predicted octanol–water partition coefficient (Wildman–Crippen LogP) is 5.26. The maximum Gasteiger partial charge on any atom is 0.309 e. The number of benzene rings is 2. The summed E-state index contributed by atoms with van der Waals surface area (Å²) in [6.45, 7) is 9.18. The summed E-state index contributed by atoms with van der Waals surface area (Å²) in [5.41, 5.74) is 3.55. The highest BCUT2D eigenvalue weighted by atomic mass is 19.1. The normalized spacial score (nSPS) is 21.3. The molecule has 4 aliphatic rings. The Bertz CT molecular complexity index is 1300. The van der Waals surface area contributed by atoms with Crippen LogP contribution in [0.1, 0.15) is 63.0 Å². The van der Waals surface area contributed by atoms with Crippen LogP contribution in [-0.4, -0.2) is 78.3 Å². The largest absolute Gasteiger partial charge is 0.491 e. The van der Waals surface area contributed by atoms with Gasteiger partial charge in [-0.2, -0.15) is 0 Å². The third-order valence-electron chi connectivity index (χ3n) is 9.03. The van der Waals surface area contributed by atoms with Gasteiger partial charge < -0.3 is 24.3 Å². The first-order valence-electron chi connectivity index (χ1n) is 14.9. The molecule has 2 aromatic rings. The Hall–Kier alpha value is -3.17. The smallest absolute Gasteiger partial charge is 0.309 e. The zero-order valence-electron chi connectivity index (χ0n) is 24.0. The number of oxime groups is 1. The molecular weight excluding hydrogens is 525 g/mol. The van der Waals surface area contributed by atoms with Gasteiger partial charge >= 0.3 is 5.97 Å². The number of hydrogen-bond acceptors (Lipinski definition) is 7. The Labute approximate surface area is 241 Å². The second-order valence-electron chi connectivity index (χ2n) is 12.3. The summed E-state index contributed by atoms with van der Waals surface area (Å²) in [5, 5.41) is 14.0. The number of likely N-dealkylation sites (tertiary alicyclic amines) is 2. The second kappa shape index (κ2) is 11.2. The number of amidine groups is 1. The van der Waals surface area contributed by atoms with E-state index in [1.807, 2.05) is 26.0 Å².